The van der Waals surface area contributed by atoms with Crippen LogP contribution in [0.2, 0.25) is 0 Å². The maximum Gasteiger partial charge on any atom is 0.162 e. The Morgan fingerprint density at radius 2 is 2.29 bits per heavy atom. The van der Waals surface area contributed by atoms with Gasteiger partial charge in [0.25, 0.3) is 0 Å². The van der Waals surface area contributed by atoms with Crippen molar-refractivity contribution >= 4 is 11.7 Å². The predicted molar refractivity (Wildman–Crippen MR) is 67.4 cm³/mol. The van der Waals surface area contributed by atoms with Gasteiger partial charge in [-0.1, -0.05) is 0 Å². The molecule has 0 aliphatic rings. The molecule has 0 atom stereocenters. The molecule has 17 heavy (non-hydrogen) atoms. The molecule has 3 N–H and O–H groups in total. The Labute approximate surface area is 101 Å². The first-order valence-electron chi connectivity index (χ1n) is 5.69. The lowest BCUT2D eigenvalue weighted by Gasteiger charge is -2.23. The molecule has 0 bridgehead atoms. The van der Waals surface area contributed by atoms with Gasteiger partial charge in [-0.05, 0) is 19.9 Å². The van der Waals surface area contributed by atoms with E-state index in [9.17, 15) is 0 Å². The van der Waals surface area contributed by atoms with Crippen molar-refractivity contribution in [2.75, 3.05) is 31.2 Å². The largest absolute Gasteiger partial charge is 0.384 e. The topological polar surface area (TPSA) is 88.1 Å². The van der Waals surface area contributed by atoms with Crippen LogP contribution < -0.4 is 10.6 Å². The van der Waals surface area contributed by atoms with Crippen LogP contribution in [0.5, 0.6) is 0 Å². The highest BCUT2D eigenvalue weighted by Crippen LogP contribution is 2.14. The second-order valence-corrected chi connectivity index (χ2v) is 3.46. The molecule has 6 heteroatoms. The zero-order valence-corrected chi connectivity index (χ0v) is 10.3. The van der Waals surface area contributed by atoms with E-state index in [4.69, 9.17) is 15.9 Å². The fourth-order valence-corrected chi connectivity index (χ4v) is 1.50. The maximum absolute atomic E-state index is 7.51. The van der Waals surface area contributed by atoms with E-state index in [0.29, 0.717) is 31.1 Å². The standard InChI is InChI=1S/C11H19N5O/c1-3-16(7-8-17-4-2)11-9(10(12)13)5-6-14-15-11/h5-6H,3-4,7-8H2,1-2H3,(H3,12,13). The van der Waals surface area contributed by atoms with Crippen molar-refractivity contribution in [3.05, 3.63) is 17.8 Å². The van der Waals surface area contributed by atoms with Crippen molar-refractivity contribution in [3.63, 3.8) is 0 Å². The molecule has 0 saturated heterocycles. The summed E-state index contributed by atoms with van der Waals surface area (Å²) in [6.45, 7) is 6.77. The molecule has 94 valence electrons. The van der Waals surface area contributed by atoms with Gasteiger partial charge in [-0.15, -0.1) is 5.10 Å². The first kappa shape index (κ1) is 13.4. The number of likely N-dealkylation sites (N-methyl/N-ethyl adjacent to an activating group) is 1. The number of hydrogen-bond donors (Lipinski definition) is 2. The second kappa shape index (κ2) is 6.80. The molecule has 0 radical (unpaired) electrons. The molecule has 1 heterocycles. The van der Waals surface area contributed by atoms with Crippen molar-refractivity contribution in [1.29, 1.82) is 5.41 Å². The van der Waals surface area contributed by atoms with E-state index >= 15 is 0 Å². The molecule has 0 aliphatic carbocycles. The van der Waals surface area contributed by atoms with Gasteiger partial charge in [0.2, 0.25) is 0 Å². The molecular formula is C11H19N5O. The van der Waals surface area contributed by atoms with Crippen LogP contribution in [0.1, 0.15) is 19.4 Å². The van der Waals surface area contributed by atoms with Gasteiger partial charge in [0, 0.05) is 19.7 Å². The minimum absolute atomic E-state index is 0.00441. The molecule has 6 nitrogen and oxygen atoms in total. The highest BCUT2D eigenvalue weighted by Gasteiger charge is 2.13. The van der Waals surface area contributed by atoms with Gasteiger partial charge in [0.15, 0.2) is 5.82 Å². The number of nitrogens with one attached hydrogen (secondary N) is 1. The van der Waals surface area contributed by atoms with Gasteiger partial charge in [-0.25, -0.2) is 0 Å². The Morgan fingerprint density at radius 3 is 2.88 bits per heavy atom. The number of rotatable bonds is 7. The summed E-state index contributed by atoms with van der Waals surface area (Å²) in [6.07, 6.45) is 1.54. The Balaban J connectivity index is 2.83. The van der Waals surface area contributed by atoms with E-state index in [-0.39, 0.29) is 5.84 Å². The molecule has 0 fully saturated rings. The summed E-state index contributed by atoms with van der Waals surface area (Å²) in [5.41, 5.74) is 6.13. The molecule has 0 saturated carbocycles. The summed E-state index contributed by atoms with van der Waals surface area (Å²) >= 11 is 0. The smallest absolute Gasteiger partial charge is 0.162 e. The Kier molecular flexibility index (Phi) is 5.35. The average Bonchev–Trinajstić information content (AvgIpc) is 2.35. The number of nitrogens with two attached hydrogens (primary N) is 1. The van der Waals surface area contributed by atoms with E-state index in [1.54, 1.807) is 6.07 Å². The third-order valence-electron chi connectivity index (χ3n) is 2.38. The fourth-order valence-electron chi connectivity index (χ4n) is 1.50. The molecule has 1 aromatic heterocycles. The fraction of sp³-hybridized carbons (Fsp3) is 0.545. The molecule has 0 spiro atoms. The molecule has 1 rings (SSSR count). The summed E-state index contributed by atoms with van der Waals surface area (Å²) in [6, 6.07) is 1.70. The third kappa shape index (κ3) is 3.67. The van der Waals surface area contributed by atoms with Crippen LogP contribution in [0.4, 0.5) is 5.82 Å². The lowest BCUT2D eigenvalue weighted by molar-refractivity contribution is 0.154. The Morgan fingerprint density at radius 1 is 1.53 bits per heavy atom. The van der Waals surface area contributed by atoms with E-state index in [0.717, 1.165) is 6.54 Å². The van der Waals surface area contributed by atoms with Crippen LogP contribution in [0.25, 0.3) is 0 Å². The summed E-state index contributed by atoms with van der Waals surface area (Å²) < 4.78 is 5.31. The first-order chi connectivity index (χ1) is 8.20. The highest BCUT2D eigenvalue weighted by molar-refractivity contribution is 5.99. The third-order valence-corrected chi connectivity index (χ3v) is 2.38. The lowest BCUT2D eigenvalue weighted by atomic mass is 10.2. The van der Waals surface area contributed by atoms with Crippen LogP contribution in [0.3, 0.4) is 0 Å². The van der Waals surface area contributed by atoms with Crippen LogP contribution in [0, 0.1) is 5.41 Å². The molecule has 0 aromatic carbocycles. The summed E-state index contributed by atoms with van der Waals surface area (Å²) in [5, 5.41) is 15.4. The van der Waals surface area contributed by atoms with Crippen LogP contribution in [-0.2, 0) is 4.74 Å². The quantitative estimate of drug-likeness (QED) is 0.412. The number of hydrogen-bond acceptors (Lipinski definition) is 5. The minimum Gasteiger partial charge on any atom is -0.384 e. The van der Waals surface area contributed by atoms with E-state index in [1.807, 2.05) is 18.7 Å². The zero-order chi connectivity index (χ0) is 12.7. The molecule has 0 aliphatic heterocycles. The normalized spacial score (nSPS) is 10.2. The van der Waals surface area contributed by atoms with E-state index < -0.39 is 0 Å². The molecule has 0 unspecified atom stereocenters. The van der Waals surface area contributed by atoms with Gasteiger partial charge in [-0.3, -0.25) is 5.41 Å². The predicted octanol–water partition coefficient (Wildman–Crippen LogP) is 0.623. The first-order valence-corrected chi connectivity index (χ1v) is 5.69. The number of amidine groups is 1. The van der Waals surface area contributed by atoms with Crippen molar-refractivity contribution in [2.24, 2.45) is 5.73 Å². The van der Waals surface area contributed by atoms with Gasteiger partial charge in [-0.2, -0.15) is 5.10 Å². The van der Waals surface area contributed by atoms with Crippen LogP contribution in [-0.4, -0.2) is 42.3 Å². The number of anilines is 1. The van der Waals surface area contributed by atoms with Crippen molar-refractivity contribution in [3.8, 4) is 0 Å². The minimum atomic E-state index is 0.00441. The van der Waals surface area contributed by atoms with Crippen molar-refractivity contribution in [2.45, 2.75) is 13.8 Å². The second-order valence-electron chi connectivity index (χ2n) is 3.46. The Hall–Kier alpha value is -1.69. The highest BCUT2D eigenvalue weighted by atomic mass is 16.5. The number of aromatic nitrogens is 2. The van der Waals surface area contributed by atoms with Gasteiger partial charge in [0.1, 0.15) is 5.84 Å². The molecule has 1 aromatic rings. The number of nitrogens with zero attached hydrogens (tertiary/aromatic N) is 3. The molecule has 0 amide bonds. The van der Waals surface area contributed by atoms with E-state index in [2.05, 4.69) is 10.2 Å². The van der Waals surface area contributed by atoms with Gasteiger partial charge >= 0.3 is 0 Å². The summed E-state index contributed by atoms with van der Waals surface area (Å²) in [7, 11) is 0. The Bertz CT molecular complexity index is 369. The summed E-state index contributed by atoms with van der Waals surface area (Å²) in [5.74, 6) is 0.645. The number of ether oxygens (including phenoxy) is 1. The maximum atomic E-state index is 7.51. The lowest BCUT2D eigenvalue weighted by Crippen LogP contribution is -2.31. The van der Waals surface area contributed by atoms with Crippen molar-refractivity contribution < 1.29 is 4.74 Å². The van der Waals surface area contributed by atoms with Gasteiger partial charge in [0.05, 0.1) is 18.4 Å². The summed E-state index contributed by atoms with van der Waals surface area (Å²) in [4.78, 5) is 2.00. The zero-order valence-electron chi connectivity index (χ0n) is 10.3. The monoisotopic (exact) mass is 237 g/mol. The van der Waals surface area contributed by atoms with Crippen LogP contribution >= 0.6 is 0 Å². The SMILES string of the molecule is CCOCCN(CC)c1nnccc1C(=N)N. The van der Waals surface area contributed by atoms with Crippen molar-refractivity contribution in [1.82, 2.24) is 10.2 Å². The van der Waals surface area contributed by atoms with Gasteiger partial charge < -0.3 is 15.4 Å². The van der Waals surface area contributed by atoms with E-state index in [1.165, 1.54) is 6.20 Å². The number of nitrogen functional groups attached to an aromatic ring is 1. The average molecular weight is 237 g/mol. The van der Waals surface area contributed by atoms with Crippen LogP contribution in [0.15, 0.2) is 12.3 Å². The molecular weight excluding hydrogens is 218 g/mol.